The van der Waals surface area contributed by atoms with Gasteiger partial charge in [-0.25, -0.2) is 19.3 Å². The molecule has 1 radical (unpaired) electrons. The molecule has 0 aliphatic rings. The van der Waals surface area contributed by atoms with Crippen LogP contribution < -0.4 is 0 Å². The normalized spacial score (nSPS) is 10.2. The molecule has 1 unspecified atom stereocenters. The van der Waals surface area contributed by atoms with Crippen LogP contribution in [0.3, 0.4) is 0 Å². The first-order valence-electron chi connectivity index (χ1n) is 15.5. The van der Waals surface area contributed by atoms with E-state index in [2.05, 4.69) is 104 Å². The van der Waals surface area contributed by atoms with E-state index in [1.54, 1.807) is 21.8 Å². The van der Waals surface area contributed by atoms with Crippen LogP contribution in [0.2, 0.25) is 0 Å². The van der Waals surface area contributed by atoms with E-state index in [1.807, 2.05) is 68.8 Å². The summed E-state index contributed by atoms with van der Waals surface area (Å²) in [6, 6.07) is 28.6. The van der Waals surface area contributed by atoms with Gasteiger partial charge in [0, 0.05) is 53.1 Å². The van der Waals surface area contributed by atoms with Gasteiger partial charge in [-0.2, -0.15) is 26.0 Å². The van der Waals surface area contributed by atoms with Crippen molar-refractivity contribution in [1.82, 2.24) is 49.1 Å². The van der Waals surface area contributed by atoms with Crippen molar-refractivity contribution in [2.24, 2.45) is 14.1 Å². The molecular formula is C33H30BBrN10O4PS2. The number of rotatable bonds is 4. The predicted octanol–water partition coefficient (Wildman–Crippen LogP) is 5.05. The van der Waals surface area contributed by atoms with Gasteiger partial charge in [0.2, 0.25) is 0 Å². The molecule has 8 aromatic rings. The third-order valence-electron chi connectivity index (χ3n) is 7.48. The highest BCUT2D eigenvalue weighted by Gasteiger charge is 2.14. The fourth-order valence-electron chi connectivity index (χ4n) is 5.23. The Morgan fingerprint density at radius 2 is 1.08 bits per heavy atom. The molecule has 0 aliphatic carbocycles. The fraction of sp³-hybridized carbons (Fsp3) is 0.0909. The second-order valence-corrected chi connectivity index (χ2v) is 11.6. The number of aryl methyl sites for hydroxylation is 3. The SMILES string of the molecule is Cc1cn(-c2ccccc2)c2nc(-c3cnnn3C)ccc12.Cn1nncc1-c1ccc2c(Br)cn(-c3ccccc3)c2n1.O=S=O.O=S=O.[2H][B]P. The van der Waals surface area contributed by atoms with Crippen LogP contribution in [0, 0.1) is 6.92 Å². The lowest BCUT2D eigenvalue weighted by atomic mass is 10.2. The zero-order chi connectivity index (χ0) is 38.3. The predicted molar refractivity (Wildman–Crippen MR) is 209 cm³/mol. The Morgan fingerprint density at radius 1 is 0.673 bits per heavy atom. The molecule has 0 saturated carbocycles. The van der Waals surface area contributed by atoms with E-state index < -0.39 is 23.1 Å². The molecule has 0 spiro atoms. The first-order chi connectivity index (χ1) is 25.7. The van der Waals surface area contributed by atoms with Gasteiger partial charge < -0.3 is 9.13 Å². The lowest BCUT2D eigenvalue weighted by Gasteiger charge is -2.06. The number of hydrogen-bond donors (Lipinski definition) is 0. The van der Waals surface area contributed by atoms with Crippen molar-refractivity contribution < 1.29 is 16.8 Å². The number of aromatic nitrogens is 10. The van der Waals surface area contributed by atoms with Crippen molar-refractivity contribution in [3.63, 3.8) is 0 Å². The van der Waals surface area contributed by atoms with Crippen LogP contribution in [0.5, 0.6) is 0 Å². The van der Waals surface area contributed by atoms with E-state index >= 15 is 0 Å². The molecule has 0 amide bonds. The van der Waals surface area contributed by atoms with Crippen molar-refractivity contribution in [1.29, 1.82) is 1.34 Å². The maximum absolute atomic E-state index is 8.29. The zero-order valence-electron chi connectivity index (χ0n) is 28.8. The number of para-hydroxylation sites is 2. The summed E-state index contributed by atoms with van der Waals surface area (Å²) in [7, 11) is 7.02. The van der Waals surface area contributed by atoms with E-state index in [9.17, 15) is 0 Å². The number of nitrogens with zero attached hydrogens (tertiary/aromatic N) is 10. The van der Waals surface area contributed by atoms with E-state index in [1.165, 1.54) is 13.1 Å². The first-order valence-corrected chi connectivity index (χ1v) is 17.7. The number of pyridine rings is 2. The van der Waals surface area contributed by atoms with Crippen LogP contribution in [-0.4, -0.2) is 74.8 Å². The van der Waals surface area contributed by atoms with Crippen molar-refractivity contribution in [2.75, 3.05) is 0 Å². The largest absolute Gasteiger partial charge is 0.335 e. The molecule has 2 aromatic carbocycles. The molecule has 19 heteroatoms. The van der Waals surface area contributed by atoms with Gasteiger partial charge in [0.25, 0.3) is 0 Å². The molecule has 14 nitrogen and oxygen atoms in total. The van der Waals surface area contributed by atoms with Gasteiger partial charge in [0.05, 0.1) is 23.8 Å². The van der Waals surface area contributed by atoms with Crippen molar-refractivity contribution in [2.45, 2.75) is 6.92 Å². The summed E-state index contributed by atoms with van der Waals surface area (Å²) in [4.78, 5) is 9.65. The van der Waals surface area contributed by atoms with E-state index in [4.69, 9.17) is 28.1 Å². The highest BCUT2D eigenvalue weighted by atomic mass is 79.9. The Morgan fingerprint density at radius 3 is 1.50 bits per heavy atom. The molecule has 0 fully saturated rings. The molecule has 1 atom stereocenters. The molecule has 263 valence electrons. The van der Waals surface area contributed by atoms with Gasteiger partial charge in [-0.15, -0.1) is 10.2 Å². The fourth-order valence-corrected chi connectivity index (χ4v) is 5.74. The third kappa shape index (κ3) is 9.14. The molecular weight excluding hydrogens is 786 g/mol. The molecule has 52 heavy (non-hydrogen) atoms. The Labute approximate surface area is 318 Å². The zero-order valence-corrected chi connectivity index (χ0v) is 32.2. The van der Waals surface area contributed by atoms with Crippen molar-refractivity contribution in [3.05, 3.63) is 120 Å². The summed E-state index contributed by atoms with van der Waals surface area (Å²) in [6.07, 6.45) is 7.62. The number of hydrogen-bond acceptors (Lipinski definition) is 10. The second-order valence-electron chi connectivity index (χ2n) is 10.5. The Bertz CT molecular complexity index is 2320. The van der Waals surface area contributed by atoms with Crippen LogP contribution in [0.1, 0.15) is 5.56 Å². The van der Waals surface area contributed by atoms with Gasteiger partial charge in [0.15, 0.2) is 0 Å². The number of fused-ring (bicyclic) bond motifs is 2. The first kappa shape index (κ1) is 38.0. The van der Waals surface area contributed by atoms with Gasteiger partial charge in [-0.05, 0) is 78.3 Å². The van der Waals surface area contributed by atoms with Crippen molar-refractivity contribution in [3.8, 4) is 34.2 Å². The minimum atomic E-state index is -0.750. The summed E-state index contributed by atoms with van der Waals surface area (Å²) in [5.74, 6) is 0. The Hall–Kier alpha value is -5.29. The molecule has 0 N–H and O–H groups in total. The second kappa shape index (κ2) is 19.4. The Balaban J connectivity index is 0.000000194. The summed E-state index contributed by atoms with van der Waals surface area (Å²) in [5.41, 5.74) is 8.75. The quantitative estimate of drug-likeness (QED) is 0.173. The maximum atomic E-state index is 8.29. The summed E-state index contributed by atoms with van der Waals surface area (Å²) < 4.78 is 47.9. The summed E-state index contributed by atoms with van der Waals surface area (Å²) in [6.45, 7) is 2.11. The number of halogens is 1. The van der Waals surface area contributed by atoms with E-state index in [0.717, 1.165) is 60.7 Å². The topological polar surface area (TPSA) is 165 Å². The molecule has 6 aromatic heterocycles. The minimum absolute atomic E-state index is 0.750. The van der Waals surface area contributed by atoms with Gasteiger partial charge in [-0.1, -0.05) is 46.8 Å². The highest BCUT2D eigenvalue weighted by Crippen LogP contribution is 2.30. The molecule has 8 rings (SSSR count). The standard InChI is InChI=1S/C17H15N5.C16H12BrN5.BH3P.2O2S/c1-12-11-22(13-6-4-3-5-7-13)17-14(12)8-9-15(19-17)16-10-18-20-21(16)2;1-21-15(9-18-20-21)14-8-7-12-13(17)10-22(16(12)19-14)11-5-3-2-4-6-11;1-2;2*1-3-2/h3-11H,1-2H3;2-10H,1H3;1H,2H2;;/i;;1D;;. The van der Waals surface area contributed by atoms with E-state index in [0.29, 0.717) is 0 Å². The smallest absolute Gasteiger partial charge is 0.301 e. The van der Waals surface area contributed by atoms with E-state index in [-0.39, 0.29) is 0 Å². The third-order valence-corrected chi connectivity index (χ3v) is 8.11. The van der Waals surface area contributed by atoms with Crippen LogP contribution in [0.25, 0.3) is 56.2 Å². The minimum Gasteiger partial charge on any atom is -0.301 e. The molecule has 0 aliphatic heterocycles. The van der Waals surface area contributed by atoms with Crippen molar-refractivity contribution >= 4 is 77.8 Å². The van der Waals surface area contributed by atoms with Crippen LogP contribution in [-0.2, 0) is 37.2 Å². The Kier molecular flexibility index (Phi) is 14.1. The molecule has 6 heterocycles. The molecule has 0 bridgehead atoms. The van der Waals surface area contributed by atoms with Gasteiger partial charge >= 0.3 is 23.1 Å². The summed E-state index contributed by atoms with van der Waals surface area (Å²) >= 11 is 2.11. The van der Waals surface area contributed by atoms with Gasteiger partial charge in [-0.3, -0.25) is 0 Å². The average molecular weight is 817 g/mol. The highest BCUT2D eigenvalue weighted by molar-refractivity contribution is 9.10. The lowest BCUT2D eigenvalue weighted by molar-refractivity contribution is 0.628. The van der Waals surface area contributed by atoms with Crippen LogP contribution >= 0.6 is 25.0 Å². The van der Waals surface area contributed by atoms with Crippen LogP contribution in [0.4, 0.5) is 0 Å². The molecule has 0 saturated heterocycles. The van der Waals surface area contributed by atoms with Crippen LogP contribution in [0.15, 0.2) is 114 Å². The maximum Gasteiger partial charge on any atom is 0.335 e. The summed E-state index contributed by atoms with van der Waals surface area (Å²) in [5, 5.41) is 18.0. The number of benzene rings is 2. The van der Waals surface area contributed by atoms with Gasteiger partial charge in [0.1, 0.15) is 30.2 Å². The average Bonchev–Trinajstić information content (AvgIpc) is 3.96. The lowest BCUT2D eigenvalue weighted by Crippen LogP contribution is -1.98. The monoisotopic (exact) mass is 816 g/mol.